The zero-order chi connectivity index (χ0) is 20.2. The Labute approximate surface area is 170 Å². The number of methoxy groups -OCH3 is 2. The number of aromatic nitrogens is 1. The Morgan fingerprint density at radius 1 is 1.03 bits per heavy atom. The number of rotatable bonds is 7. The van der Waals surface area contributed by atoms with Crippen LogP contribution in [0.5, 0.6) is 11.5 Å². The molecule has 3 aromatic rings. The highest BCUT2D eigenvalue weighted by Gasteiger charge is 2.21. The van der Waals surface area contributed by atoms with Crippen LogP contribution < -0.4 is 15.2 Å². The monoisotopic (exact) mass is 396 g/mol. The molecule has 0 unspecified atom stereocenters. The maximum atomic E-state index is 12.2. The van der Waals surface area contributed by atoms with Gasteiger partial charge in [0.05, 0.1) is 26.4 Å². The summed E-state index contributed by atoms with van der Waals surface area (Å²) < 4.78 is 17.8. The predicted molar refractivity (Wildman–Crippen MR) is 113 cm³/mol. The van der Waals surface area contributed by atoms with E-state index in [-0.39, 0.29) is 5.76 Å². The standard InChI is InChI=1S/C23H28N2O4/c1-27-19-13-18(14-20(15-19)28-2)8-7-17-9-11-24(12-10-17)16-25-21-5-3-4-6-22(21)29-23(25)26/h3-6,13-15,17H,7-12,16H2,1-2H3. The van der Waals surface area contributed by atoms with Crippen LogP contribution in [0.25, 0.3) is 11.1 Å². The smallest absolute Gasteiger partial charge is 0.421 e. The van der Waals surface area contributed by atoms with Crippen molar-refractivity contribution in [3.8, 4) is 11.5 Å². The van der Waals surface area contributed by atoms with Gasteiger partial charge in [-0.3, -0.25) is 9.47 Å². The molecule has 29 heavy (non-hydrogen) atoms. The van der Waals surface area contributed by atoms with E-state index in [1.165, 1.54) is 5.56 Å². The third kappa shape index (κ3) is 4.48. The predicted octanol–water partition coefficient (Wildman–Crippen LogP) is 3.91. The normalized spacial score (nSPS) is 15.7. The lowest BCUT2D eigenvalue weighted by atomic mass is 9.90. The largest absolute Gasteiger partial charge is 0.497 e. The van der Waals surface area contributed by atoms with Gasteiger partial charge in [0, 0.05) is 19.2 Å². The summed E-state index contributed by atoms with van der Waals surface area (Å²) in [5.74, 6) is 2.10. The Morgan fingerprint density at radius 3 is 2.41 bits per heavy atom. The first-order valence-corrected chi connectivity index (χ1v) is 10.2. The molecule has 1 fully saturated rings. The minimum Gasteiger partial charge on any atom is -0.497 e. The maximum Gasteiger partial charge on any atom is 0.421 e. The molecule has 0 N–H and O–H groups in total. The molecule has 1 aliphatic rings. The Morgan fingerprint density at radius 2 is 1.72 bits per heavy atom. The van der Waals surface area contributed by atoms with E-state index in [1.807, 2.05) is 30.3 Å². The highest BCUT2D eigenvalue weighted by Crippen LogP contribution is 2.27. The molecular weight excluding hydrogens is 368 g/mol. The average molecular weight is 396 g/mol. The number of para-hydroxylation sites is 2. The fourth-order valence-electron chi connectivity index (χ4n) is 4.15. The molecule has 0 atom stereocenters. The van der Waals surface area contributed by atoms with Crippen LogP contribution in [-0.2, 0) is 13.1 Å². The summed E-state index contributed by atoms with van der Waals surface area (Å²) >= 11 is 0. The van der Waals surface area contributed by atoms with E-state index in [0.717, 1.165) is 55.8 Å². The molecule has 1 aromatic heterocycles. The zero-order valence-corrected chi connectivity index (χ0v) is 17.1. The van der Waals surface area contributed by atoms with Crippen molar-refractivity contribution in [2.75, 3.05) is 27.3 Å². The summed E-state index contributed by atoms with van der Waals surface area (Å²) in [6.45, 7) is 2.59. The topological polar surface area (TPSA) is 56.8 Å². The first-order chi connectivity index (χ1) is 14.2. The second-order valence-corrected chi connectivity index (χ2v) is 7.73. The third-order valence-corrected chi connectivity index (χ3v) is 5.87. The number of aryl methyl sites for hydroxylation is 1. The van der Waals surface area contributed by atoms with Crippen LogP contribution in [0.2, 0.25) is 0 Å². The average Bonchev–Trinajstić information content (AvgIpc) is 3.08. The minimum absolute atomic E-state index is 0.278. The van der Waals surface area contributed by atoms with Crippen molar-refractivity contribution in [1.29, 1.82) is 0 Å². The van der Waals surface area contributed by atoms with Gasteiger partial charge in [-0.15, -0.1) is 0 Å². The van der Waals surface area contributed by atoms with Crippen molar-refractivity contribution in [3.63, 3.8) is 0 Å². The molecule has 154 valence electrons. The quantitative estimate of drug-likeness (QED) is 0.606. The molecule has 4 rings (SSSR count). The van der Waals surface area contributed by atoms with E-state index >= 15 is 0 Å². The lowest BCUT2D eigenvalue weighted by Crippen LogP contribution is -2.37. The summed E-state index contributed by atoms with van der Waals surface area (Å²) in [5, 5.41) is 0. The van der Waals surface area contributed by atoms with Crippen LogP contribution in [0, 0.1) is 5.92 Å². The zero-order valence-electron chi connectivity index (χ0n) is 17.1. The van der Waals surface area contributed by atoms with Crippen molar-refractivity contribution in [2.24, 2.45) is 5.92 Å². The second kappa shape index (κ2) is 8.74. The number of nitrogens with zero attached hydrogens (tertiary/aromatic N) is 2. The molecule has 0 spiro atoms. The van der Waals surface area contributed by atoms with Crippen molar-refractivity contribution in [1.82, 2.24) is 9.47 Å². The highest BCUT2D eigenvalue weighted by molar-refractivity contribution is 5.72. The van der Waals surface area contributed by atoms with Crippen LogP contribution in [-0.4, -0.2) is 36.8 Å². The number of hydrogen-bond acceptors (Lipinski definition) is 5. The van der Waals surface area contributed by atoms with E-state index in [0.29, 0.717) is 18.2 Å². The Hall–Kier alpha value is -2.73. The van der Waals surface area contributed by atoms with Crippen LogP contribution in [0.3, 0.4) is 0 Å². The van der Waals surface area contributed by atoms with Gasteiger partial charge in [0.1, 0.15) is 11.5 Å². The maximum absolute atomic E-state index is 12.2. The van der Waals surface area contributed by atoms with Gasteiger partial charge >= 0.3 is 5.76 Å². The number of hydrogen-bond donors (Lipinski definition) is 0. The molecule has 6 nitrogen and oxygen atoms in total. The van der Waals surface area contributed by atoms with Crippen molar-refractivity contribution >= 4 is 11.1 Å². The summed E-state index contributed by atoms with van der Waals surface area (Å²) in [6, 6.07) is 13.7. The summed E-state index contributed by atoms with van der Waals surface area (Å²) in [4.78, 5) is 14.5. The van der Waals surface area contributed by atoms with Crippen LogP contribution in [0.15, 0.2) is 51.7 Å². The minimum atomic E-state index is -0.278. The molecule has 0 bridgehead atoms. The van der Waals surface area contributed by atoms with Crippen LogP contribution in [0.4, 0.5) is 0 Å². The lowest BCUT2D eigenvalue weighted by Gasteiger charge is -2.31. The molecule has 2 heterocycles. The summed E-state index contributed by atoms with van der Waals surface area (Å²) in [6.07, 6.45) is 4.46. The molecule has 0 radical (unpaired) electrons. The molecule has 1 aliphatic heterocycles. The summed E-state index contributed by atoms with van der Waals surface area (Å²) in [7, 11) is 3.37. The Bertz CT molecular complexity index is 993. The van der Waals surface area contributed by atoms with E-state index < -0.39 is 0 Å². The van der Waals surface area contributed by atoms with Gasteiger partial charge in [-0.2, -0.15) is 0 Å². The number of piperidine rings is 1. The SMILES string of the molecule is COc1cc(CCC2CCN(Cn3c(=O)oc4ccccc43)CC2)cc(OC)c1. The molecule has 1 saturated heterocycles. The van der Waals surface area contributed by atoms with E-state index in [2.05, 4.69) is 17.0 Å². The number of likely N-dealkylation sites (tertiary alicyclic amines) is 1. The van der Waals surface area contributed by atoms with Crippen LogP contribution in [0.1, 0.15) is 24.8 Å². The Balaban J connectivity index is 1.32. The molecule has 6 heteroatoms. The molecule has 2 aromatic carbocycles. The second-order valence-electron chi connectivity index (χ2n) is 7.73. The fraction of sp³-hybridized carbons (Fsp3) is 0.435. The van der Waals surface area contributed by atoms with Gasteiger partial charge in [0.2, 0.25) is 0 Å². The van der Waals surface area contributed by atoms with E-state index in [4.69, 9.17) is 13.9 Å². The van der Waals surface area contributed by atoms with E-state index in [1.54, 1.807) is 18.8 Å². The fourth-order valence-corrected chi connectivity index (χ4v) is 4.15. The lowest BCUT2D eigenvalue weighted by molar-refractivity contribution is 0.142. The first-order valence-electron chi connectivity index (χ1n) is 10.2. The van der Waals surface area contributed by atoms with Crippen molar-refractivity contribution < 1.29 is 13.9 Å². The number of oxazole rings is 1. The van der Waals surface area contributed by atoms with Crippen LogP contribution >= 0.6 is 0 Å². The van der Waals surface area contributed by atoms with Gasteiger partial charge in [0.15, 0.2) is 5.58 Å². The Kier molecular flexibility index (Phi) is 5.90. The van der Waals surface area contributed by atoms with Crippen molar-refractivity contribution in [2.45, 2.75) is 32.4 Å². The van der Waals surface area contributed by atoms with Gasteiger partial charge in [-0.05, 0) is 61.4 Å². The van der Waals surface area contributed by atoms with Gasteiger partial charge < -0.3 is 13.9 Å². The molecule has 0 saturated carbocycles. The van der Waals surface area contributed by atoms with Gasteiger partial charge in [-0.25, -0.2) is 4.79 Å². The van der Waals surface area contributed by atoms with Crippen molar-refractivity contribution in [3.05, 3.63) is 58.6 Å². The van der Waals surface area contributed by atoms with Gasteiger partial charge in [0.25, 0.3) is 0 Å². The number of fused-ring (bicyclic) bond motifs is 1. The number of ether oxygens (including phenoxy) is 2. The molecule has 0 aliphatic carbocycles. The highest BCUT2D eigenvalue weighted by atomic mass is 16.5. The summed E-state index contributed by atoms with van der Waals surface area (Å²) in [5.41, 5.74) is 2.77. The molecular formula is C23H28N2O4. The number of benzene rings is 2. The van der Waals surface area contributed by atoms with Gasteiger partial charge in [-0.1, -0.05) is 12.1 Å². The first kappa shape index (κ1) is 19.6. The third-order valence-electron chi connectivity index (χ3n) is 5.87. The molecule has 0 amide bonds. The van der Waals surface area contributed by atoms with E-state index in [9.17, 15) is 4.79 Å².